The fourth-order valence-electron chi connectivity index (χ4n) is 2.95. The van der Waals surface area contributed by atoms with Gasteiger partial charge in [0.25, 0.3) is 0 Å². The largest absolute Gasteiger partial charge is 0.442 e. The summed E-state index contributed by atoms with van der Waals surface area (Å²) in [5.74, 6) is 0.481. The molecule has 5 nitrogen and oxygen atoms in total. The van der Waals surface area contributed by atoms with E-state index in [-0.39, 0.29) is 24.5 Å². The number of anilines is 2. The minimum atomic E-state index is -0.671. The van der Waals surface area contributed by atoms with Crippen LogP contribution in [0, 0.1) is 11.6 Å². The number of carbonyl (C=O) groups is 1. The van der Waals surface area contributed by atoms with E-state index >= 15 is 0 Å². The van der Waals surface area contributed by atoms with Crippen LogP contribution in [-0.2, 0) is 4.74 Å². The quantitative estimate of drug-likeness (QED) is 0.588. The van der Waals surface area contributed by atoms with E-state index in [0.29, 0.717) is 13.1 Å². The number of thiocarbonyl (C=S) groups is 1. The third-order valence-electron chi connectivity index (χ3n) is 4.09. The summed E-state index contributed by atoms with van der Waals surface area (Å²) < 4.78 is 34.3. The number of ether oxygens (including phenoxy) is 1. The molecule has 0 bridgehead atoms. The van der Waals surface area contributed by atoms with Gasteiger partial charge in [0.05, 0.1) is 23.9 Å². The molecule has 0 radical (unpaired) electrons. The summed E-state index contributed by atoms with van der Waals surface area (Å²) in [4.78, 5) is 18.6. The van der Waals surface area contributed by atoms with Crippen LogP contribution in [0.4, 0.5) is 25.0 Å². The molecule has 9 heteroatoms. The van der Waals surface area contributed by atoms with Crippen molar-refractivity contribution < 1.29 is 18.3 Å². The zero-order valence-electron chi connectivity index (χ0n) is 13.4. The number of amides is 1. The Morgan fingerprint density at radius 1 is 1.32 bits per heavy atom. The van der Waals surface area contributed by atoms with Crippen LogP contribution in [0.5, 0.6) is 0 Å². The molecular formula is C16H17F2N3O2S2. The molecule has 0 saturated carbocycles. The third kappa shape index (κ3) is 4.11. The van der Waals surface area contributed by atoms with Crippen molar-refractivity contribution in [1.82, 2.24) is 0 Å². The van der Waals surface area contributed by atoms with E-state index in [1.165, 1.54) is 17.0 Å². The average molecular weight is 385 g/mol. The fraction of sp³-hybridized carbons (Fsp3) is 0.500. The van der Waals surface area contributed by atoms with Gasteiger partial charge in [0.15, 0.2) is 11.6 Å². The molecule has 25 heavy (non-hydrogen) atoms. The van der Waals surface area contributed by atoms with Gasteiger partial charge >= 0.3 is 6.09 Å². The van der Waals surface area contributed by atoms with Crippen molar-refractivity contribution in [3.05, 3.63) is 23.8 Å². The van der Waals surface area contributed by atoms with Crippen LogP contribution in [-0.4, -0.2) is 55.0 Å². The predicted octanol–water partition coefficient (Wildman–Crippen LogP) is 3.34. The summed E-state index contributed by atoms with van der Waals surface area (Å²) >= 11 is 6.26. The van der Waals surface area contributed by atoms with Gasteiger partial charge in [0.2, 0.25) is 0 Å². The van der Waals surface area contributed by atoms with E-state index in [1.54, 1.807) is 16.7 Å². The van der Waals surface area contributed by atoms with Crippen molar-refractivity contribution in [3.8, 4) is 0 Å². The Morgan fingerprint density at radius 3 is 2.80 bits per heavy atom. The van der Waals surface area contributed by atoms with Crippen molar-refractivity contribution in [3.63, 3.8) is 0 Å². The summed E-state index contributed by atoms with van der Waals surface area (Å²) in [6.07, 6.45) is -0.273. The van der Waals surface area contributed by atoms with Gasteiger partial charge in [0.1, 0.15) is 11.8 Å². The standard InChI is InChI=1S/C16H17F2N3O2S2/c17-13-6-11(21-9-12(8-19-10-24)23-16(21)22)7-14(18)15(13)20-2-1-4-25-5-3-20/h6-7,12H,1-5,8-9H2/t12-/m0/s1. The van der Waals surface area contributed by atoms with Gasteiger partial charge in [-0.1, -0.05) is 0 Å². The summed E-state index contributed by atoms with van der Waals surface area (Å²) in [7, 11) is 0. The van der Waals surface area contributed by atoms with Crippen molar-refractivity contribution in [2.75, 3.05) is 47.5 Å². The first kappa shape index (κ1) is 18.1. The maximum atomic E-state index is 14.6. The number of carbonyl (C=O) groups excluding carboxylic acids is 1. The Hall–Kier alpha value is -1.70. The molecule has 1 aromatic carbocycles. The fourth-order valence-corrected chi connectivity index (χ4v) is 3.91. The second-order valence-electron chi connectivity index (χ2n) is 5.76. The summed E-state index contributed by atoms with van der Waals surface area (Å²) in [6.45, 7) is 1.56. The number of hydrogen-bond donors (Lipinski definition) is 0. The van der Waals surface area contributed by atoms with Crippen LogP contribution in [0.15, 0.2) is 17.1 Å². The molecule has 3 rings (SSSR count). The van der Waals surface area contributed by atoms with E-state index in [1.807, 2.05) is 0 Å². The first-order valence-electron chi connectivity index (χ1n) is 7.93. The lowest BCUT2D eigenvalue weighted by Gasteiger charge is -2.24. The zero-order valence-corrected chi connectivity index (χ0v) is 15.0. The number of thioether (sulfide) groups is 1. The molecular weight excluding hydrogens is 368 g/mol. The van der Waals surface area contributed by atoms with Gasteiger partial charge in [-0.15, -0.1) is 0 Å². The molecule has 2 aliphatic heterocycles. The lowest BCUT2D eigenvalue weighted by atomic mass is 10.2. The maximum Gasteiger partial charge on any atom is 0.414 e. The molecule has 2 aliphatic rings. The molecule has 1 aromatic rings. The van der Waals surface area contributed by atoms with Crippen molar-refractivity contribution >= 4 is 46.6 Å². The highest BCUT2D eigenvalue weighted by molar-refractivity contribution is 7.99. The van der Waals surface area contributed by atoms with Crippen LogP contribution in [0.1, 0.15) is 6.42 Å². The summed E-state index contributed by atoms with van der Waals surface area (Å²) in [6, 6.07) is 2.37. The maximum absolute atomic E-state index is 14.6. The molecule has 0 spiro atoms. The number of isothiocyanates is 1. The molecule has 2 saturated heterocycles. The highest BCUT2D eigenvalue weighted by atomic mass is 32.2. The number of rotatable bonds is 4. The third-order valence-corrected chi connectivity index (χ3v) is 5.26. The summed E-state index contributed by atoms with van der Waals surface area (Å²) in [5, 5.41) is 2.20. The Morgan fingerprint density at radius 2 is 2.08 bits per heavy atom. The van der Waals surface area contributed by atoms with Gasteiger partial charge in [0, 0.05) is 31.0 Å². The predicted molar refractivity (Wildman–Crippen MR) is 98.0 cm³/mol. The second kappa shape index (κ2) is 8.12. The molecule has 0 aromatic heterocycles. The van der Waals surface area contributed by atoms with Crippen LogP contribution in [0.25, 0.3) is 0 Å². The highest BCUT2D eigenvalue weighted by Crippen LogP contribution is 2.32. The van der Waals surface area contributed by atoms with Gasteiger partial charge in [-0.3, -0.25) is 4.90 Å². The van der Waals surface area contributed by atoms with E-state index in [2.05, 4.69) is 22.4 Å². The SMILES string of the molecule is O=C1O[C@@H](CN=C=S)CN1c1cc(F)c(N2CCCSCC2)c(F)c1. The zero-order chi connectivity index (χ0) is 17.8. The Labute approximate surface area is 154 Å². The number of halogens is 2. The first-order chi connectivity index (χ1) is 12.1. The first-order valence-corrected chi connectivity index (χ1v) is 9.50. The minimum absolute atomic E-state index is 0.0272. The van der Waals surface area contributed by atoms with Crippen LogP contribution in [0.2, 0.25) is 0 Å². The molecule has 0 N–H and O–H groups in total. The highest BCUT2D eigenvalue weighted by Gasteiger charge is 2.33. The molecule has 0 aliphatic carbocycles. The topological polar surface area (TPSA) is 45.1 Å². The molecule has 0 unspecified atom stereocenters. The van der Waals surface area contributed by atoms with Gasteiger partial charge < -0.3 is 9.64 Å². The second-order valence-corrected chi connectivity index (χ2v) is 7.17. The molecule has 1 amide bonds. The average Bonchev–Trinajstić information content (AvgIpc) is 2.77. The number of nitrogens with zero attached hydrogens (tertiary/aromatic N) is 3. The minimum Gasteiger partial charge on any atom is -0.442 e. The number of benzene rings is 1. The Balaban J connectivity index is 1.82. The monoisotopic (exact) mass is 385 g/mol. The van der Waals surface area contributed by atoms with Crippen LogP contribution >= 0.6 is 24.0 Å². The molecule has 134 valence electrons. The van der Waals surface area contributed by atoms with Gasteiger partial charge in [-0.25, -0.2) is 18.6 Å². The molecule has 2 heterocycles. The Kier molecular flexibility index (Phi) is 5.88. The van der Waals surface area contributed by atoms with Crippen molar-refractivity contribution in [1.29, 1.82) is 0 Å². The van der Waals surface area contributed by atoms with Crippen LogP contribution < -0.4 is 9.80 Å². The van der Waals surface area contributed by atoms with E-state index in [9.17, 15) is 13.6 Å². The van der Waals surface area contributed by atoms with Crippen LogP contribution in [0.3, 0.4) is 0 Å². The summed E-state index contributed by atoms with van der Waals surface area (Å²) in [5.41, 5.74) is 0.113. The number of hydrogen-bond acceptors (Lipinski definition) is 6. The van der Waals surface area contributed by atoms with Crippen molar-refractivity contribution in [2.24, 2.45) is 4.99 Å². The van der Waals surface area contributed by atoms with E-state index < -0.39 is 23.8 Å². The van der Waals surface area contributed by atoms with Crippen molar-refractivity contribution in [2.45, 2.75) is 12.5 Å². The number of cyclic esters (lactones) is 1. The van der Waals surface area contributed by atoms with E-state index in [0.717, 1.165) is 17.9 Å². The van der Waals surface area contributed by atoms with Gasteiger partial charge in [-0.05, 0) is 24.4 Å². The molecule has 2 fully saturated rings. The van der Waals surface area contributed by atoms with E-state index in [4.69, 9.17) is 4.74 Å². The molecule has 1 atom stereocenters. The number of aliphatic imine (C=N–C) groups is 1. The lowest BCUT2D eigenvalue weighted by Crippen LogP contribution is -2.29. The Bertz CT molecular complexity index is 682. The lowest BCUT2D eigenvalue weighted by molar-refractivity contribution is 0.145. The normalized spacial score (nSPS) is 20.9. The smallest absolute Gasteiger partial charge is 0.414 e. The van der Waals surface area contributed by atoms with Gasteiger partial charge in [-0.2, -0.15) is 11.8 Å².